The molecule has 5 nitrogen and oxygen atoms in total. The molecule has 0 aliphatic carbocycles. The summed E-state index contributed by atoms with van der Waals surface area (Å²) in [4.78, 5) is 18.5. The number of nitrogen functional groups attached to an aromatic ring is 1. The topological polar surface area (TPSA) is 68.5 Å². The number of piperidine rings is 1. The normalized spacial score (nSPS) is 23.2. The highest BCUT2D eigenvalue weighted by atomic mass is 16.5. The maximum absolute atomic E-state index is 11.9. The van der Waals surface area contributed by atoms with Crippen LogP contribution in [0.4, 0.5) is 11.5 Å². The van der Waals surface area contributed by atoms with E-state index in [1.807, 2.05) is 0 Å². The molecular weight excluding hydrogens is 242 g/mol. The Morgan fingerprint density at radius 1 is 1.42 bits per heavy atom. The third-order valence-electron chi connectivity index (χ3n) is 3.73. The standard InChI is InChI=1S/C14H21N3O2/c1-9-5-4-6-10(2)17(9)13-12(14(18)19-3)7-11(15)8-16-13/h7-10H,4-6,15H2,1-3H3/t9-,10+. The molecule has 0 spiro atoms. The minimum absolute atomic E-state index is 0.364. The second-order valence-corrected chi connectivity index (χ2v) is 5.17. The van der Waals surface area contributed by atoms with Gasteiger partial charge in [0.15, 0.2) is 0 Å². The van der Waals surface area contributed by atoms with Gasteiger partial charge in [0.05, 0.1) is 19.0 Å². The fraction of sp³-hybridized carbons (Fsp3) is 0.571. The quantitative estimate of drug-likeness (QED) is 0.829. The number of rotatable bonds is 2. The molecule has 5 heteroatoms. The number of ether oxygens (including phenoxy) is 1. The Morgan fingerprint density at radius 2 is 2.05 bits per heavy atom. The summed E-state index contributed by atoms with van der Waals surface area (Å²) in [6.07, 6.45) is 5.02. The van der Waals surface area contributed by atoms with E-state index in [-0.39, 0.29) is 5.97 Å². The van der Waals surface area contributed by atoms with Crippen LogP contribution in [0.15, 0.2) is 12.3 Å². The zero-order valence-corrected chi connectivity index (χ0v) is 11.7. The molecule has 1 aliphatic rings. The van der Waals surface area contributed by atoms with Gasteiger partial charge in [-0.3, -0.25) is 0 Å². The Kier molecular flexibility index (Phi) is 3.93. The molecule has 2 rings (SSSR count). The predicted molar refractivity (Wildman–Crippen MR) is 75.2 cm³/mol. The fourth-order valence-electron chi connectivity index (χ4n) is 2.78. The van der Waals surface area contributed by atoms with Crippen molar-refractivity contribution in [1.82, 2.24) is 4.98 Å². The number of carbonyl (C=O) groups excluding carboxylic acids is 1. The summed E-state index contributed by atoms with van der Waals surface area (Å²) >= 11 is 0. The monoisotopic (exact) mass is 263 g/mol. The first-order chi connectivity index (χ1) is 9.04. The highest BCUT2D eigenvalue weighted by Gasteiger charge is 2.29. The number of anilines is 2. The Bertz CT molecular complexity index is 466. The van der Waals surface area contributed by atoms with Gasteiger partial charge >= 0.3 is 5.97 Å². The average molecular weight is 263 g/mol. The van der Waals surface area contributed by atoms with Crippen LogP contribution in [0, 0.1) is 0 Å². The number of hydrogen-bond donors (Lipinski definition) is 1. The first kappa shape index (κ1) is 13.6. The number of methoxy groups -OCH3 is 1. The first-order valence-corrected chi connectivity index (χ1v) is 6.66. The Balaban J connectivity index is 2.45. The number of pyridine rings is 1. The van der Waals surface area contributed by atoms with Crippen molar-refractivity contribution in [3.05, 3.63) is 17.8 Å². The van der Waals surface area contributed by atoms with E-state index >= 15 is 0 Å². The molecule has 1 aliphatic heterocycles. The summed E-state index contributed by atoms with van der Waals surface area (Å²) in [5.41, 5.74) is 6.65. The molecule has 1 aromatic heterocycles. The number of carbonyl (C=O) groups is 1. The van der Waals surface area contributed by atoms with Crippen LogP contribution in [-0.4, -0.2) is 30.1 Å². The molecule has 1 saturated heterocycles. The molecular formula is C14H21N3O2. The van der Waals surface area contributed by atoms with Crippen LogP contribution in [0.5, 0.6) is 0 Å². The summed E-state index contributed by atoms with van der Waals surface area (Å²) in [6, 6.07) is 2.37. The van der Waals surface area contributed by atoms with Crippen LogP contribution < -0.4 is 10.6 Å². The lowest BCUT2D eigenvalue weighted by atomic mass is 9.97. The number of nitrogens with two attached hydrogens (primary N) is 1. The van der Waals surface area contributed by atoms with Gasteiger partial charge in [0.1, 0.15) is 11.4 Å². The van der Waals surface area contributed by atoms with Gasteiger partial charge in [-0.25, -0.2) is 9.78 Å². The Hall–Kier alpha value is -1.78. The molecule has 0 bridgehead atoms. The summed E-state index contributed by atoms with van der Waals surface area (Å²) in [7, 11) is 1.37. The summed E-state index contributed by atoms with van der Waals surface area (Å²) in [5, 5.41) is 0. The largest absolute Gasteiger partial charge is 0.465 e. The van der Waals surface area contributed by atoms with Crippen LogP contribution in [0.1, 0.15) is 43.5 Å². The van der Waals surface area contributed by atoms with E-state index in [0.717, 1.165) is 12.8 Å². The first-order valence-electron chi connectivity index (χ1n) is 6.66. The third-order valence-corrected chi connectivity index (χ3v) is 3.73. The van der Waals surface area contributed by atoms with Crippen LogP contribution in [0.2, 0.25) is 0 Å². The number of esters is 1. The second kappa shape index (κ2) is 5.47. The zero-order valence-electron chi connectivity index (χ0n) is 11.7. The van der Waals surface area contributed by atoms with E-state index in [4.69, 9.17) is 10.5 Å². The van der Waals surface area contributed by atoms with Gasteiger partial charge in [-0.2, -0.15) is 0 Å². The van der Waals surface area contributed by atoms with Crippen molar-refractivity contribution < 1.29 is 9.53 Å². The van der Waals surface area contributed by atoms with E-state index in [0.29, 0.717) is 29.2 Å². The van der Waals surface area contributed by atoms with E-state index in [1.54, 1.807) is 12.3 Å². The van der Waals surface area contributed by atoms with Crippen LogP contribution in [0.3, 0.4) is 0 Å². The maximum Gasteiger partial charge on any atom is 0.341 e. The smallest absolute Gasteiger partial charge is 0.341 e. The van der Waals surface area contributed by atoms with Gasteiger partial charge in [0, 0.05) is 12.1 Å². The van der Waals surface area contributed by atoms with Crippen molar-refractivity contribution in [2.24, 2.45) is 0 Å². The van der Waals surface area contributed by atoms with E-state index in [1.165, 1.54) is 13.5 Å². The van der Waals surface area contributed by atoms with Crippen LogP contribution in [0.25, 0.3) is 0 Å². The van der Waals surface area contributed by atoms with Crippen molar-refractivity contribution in [2.45, 2.75) is 45.2 Å². The minimum atomic E-state index is -0.389. The maximum atomic E-state index is 11.9. The number of nitrogens with zero attached hydrogens (tertiary/aromatic N) is 2. The van der Waals surface area contributed by atoms with Crippen molar-refractivity contribution in [3.8, 4) is 0 Å². The van der Waals surface area contributed by atoms with Crippen LogP contribution in [-0.2, 0) is 4.74 Å². The Morgan fingerprint density at radius 3 is 2.63 bits per heavy atom. The fourth-order valence-corrected chi connectivity index (χ4v) is 2.78. The van der Waals surface area contributed by atoms with E-state index in [2.05, 4.69) is 23.7 Å². The molecule has 0 amide bonds. The van der Waals surface area contributed by atoms with Gasteiger partial charge in [0.25, 0.3) is 0 Å². The zero-order chi connectivity index (χ0) is 14.0. The lowest BCUT2D eigenvalue weighted by Gasteiger charge is -2.40. The number of hydrogen-bond acceptors (Lipinski definition) is 5. The third kappa shape index (κ3) is 2.64. The molecule has 19 heavy (non-hydrogen) atoms. The highest BCUT2D eigenvalue weighted by Crippen LogP contribution is 2.31. The molecule has 0 aromatic carbocycles. The average Bonchev–Trinajstić information content (AvgIpc) is 2.39. The van der Waals surface area contributed by atoms with Gasteiger partial charge < -0.3 is 15.4 Å². The van der Waals surface area contributed by atoms with Crippen molar-refractivity contribution in [2.75, 3.05) is 17.7 Å². The molecule has 104 valence electrons. The lowest BCUT2D eigenvalue weighted by molar-refractivity contribution is 0.0601. The van der Waals surface area contributed by atoms with Crippen LogP contribution >= 0.6 is 0 Å². The van der Waals surface area contributed by atoms with Gasteiger partial charge in [0.2, 0.25) is 0 Å². The summed E-state index contributed by atoms with van der Waals surface area (Å²) in [6.45, 7) is 4.32. The van der Waals surface area contributed by atoms with Gasteiger partial charge in [-0.05, 0) is 39.2 Å². The number of aromatic nitrogens is 1. The van der Waals surface area contributed by atoms with Crippen molar-refractivity contribution >= 4 is 17.5 Å². The molecule has 2 atom stereocenters. The van der Waals surface area contributed by atoms with Crippen molar-refractivity contribution in [1.29, 1.82) is 0 Å². The molecule has 2 N–H and O–H groups in total. The molecule has 0 unspecified atom stereocenters. The highest BCUT2D eigenvalue weighted by molar-refractivity contribution is 5.95. The summed E-state index contributed by atoms with van der Waals surface area (Å²) < 4.78 is 4.83. The second-order valence-electron chi connectivity index (χ2n) is 5.17. The van der Waals surface area contributed by atoms with E-state index in [9.17, 15) is 4.79 Å². The van der Waals surface area contributed by atoms with Gasteiger partial charge in [-0.15, -0.1) is 0 Å². The predicted octanol–water partition coefficient (Wildman–Crippen LogP) is 2.22. The van der Waals surface area contributed by atoms with Crippen molar-refractivity contribution in [3.63, 3.8) is 0 Å². The molecule has 0 radical (unpaired) electrons. The Labute approximate surface area is 113 Å². The lowest BCUT2D eigenvalue weighted by Crippen LogP contribution is -2.45. The minimum Gasteiger partial charge on any atom is -0.465 e. The molecule has 1 aromatic rings. The van der Waals surface area contributed by atoms with E-state index < -0.39 is 0 Å². The molecule has 0 saturated carbocycles. The SMILES string of the molecule is COC(=O)c1cc(N)cnc1N1[C@H](C)CCC[C@@H]1C. The molecule has 2 heterocycles. The summed E-state index contributed by atoms with van der Waals surface area (Å²) in [5.74, 6) is 0.292. The van der Waals surface area contributed by atoms with Gasteiger partial charge in [-0.1, -0.05) is 0 Å². The molecule has 1 fully saturated rings.